The van der Waals surface area contributed by atoms with Crippen LogP contribution < -0.4 is 10.9 Å². The molecule has 8 heteroatoms. The highest BCUT2D eigenvalue weighted by Gasteiger charge is 2.03. The van der Waals surface area contributed by atoms with Crippen LogP contribution in [0, 0.1) is 0 Å². The standard InChI is InChI=1S/C20H26N4O2S2/c1-3-15-9-11-17(27-15)13-21-23-19(25)7-5-6-8-20(26)24-22-14-18-12-10-16(4-2)28-18/h9-14H,3-8H2,1-2H3,(H,23,25)(H,24,26)/b21-13+,22-14+. The van der Waals surface area contributed by atoms with Crippen LogP contribution in [-0.2, 0) is 22.4 Å². The molecule has 0 atom stereocenters. The topological polar surface area (TPSA) is 82.9 Å². The van der Waals surface area contributed by atoms with E-state index in [0.717, 1.165) is 22.6 Å². The quantitative estimate of drug-likeness (QED) is 0.327. The Bertz CT molecular complexity index is 756. The molecular weight excluding hydrogens is 392 g/mol. The van der Waals surface area contributed by atoms with Gasteiger partial charge in [0.05, 0.1) is 12.4 Å². The van der Waals surface area contributed by atoms with Gasteiger partial charge >= 0.3 is 0 Å². The molecule has 0 unspecified atom stereocenters. The molecule has 0 aliphatic carbocycles. The summed E-state index contributed by atoms with van der Waals surface area (Å²) in [5.41, 5.74) is 5.04. The van der Waals surface area contributed by atoms with Gasteiger partial charge in [0.2, 0.25) is 11.8 Å². The predicted molar refractivity (Wildman–Crippen MR) is 117 cm³/mol. The van der Waals surface area contributed by atoms with Crippen molar-refractivity contribution in [1.82, 2.24) is 10.9 Å². The highest BCUT2D eigenvalue weighted by molar-refractivity contribution is 7.14. The first kappa shape index (κ1) is 22.0. The summed E-state index contributed by atoms with van der Waals surface area (Å²) in [5, 5.41) is 7.94. The largest absolute Gasteiger partial charge is 0.273 e. The van der Waals surface area contributed by atoms with Crippen LogP contribution in [0.15, 0.2) is 34.5 Å². The van der Waals surface area contributed by atoms with Gasteiger partial charge in [-0.15, -0.1) is 22.7 Å². The first-order valence-electron chi connectivity index (χ1n) is 9.42. The average molecular weight is 419 g/mol. The summed E-state index contributed by atoms with van der Waals surface area (Å²) in [6.45, 7) is 4.21. The summed E-state index contributed by atoms with van der Waals surface area (Å²) in [6.07, 6.45) is 7.25. The fourth-order valence-corrected chi connectivity index (χ4v) is 3.98. The Morgan fingerprint density at radius 2 is 1.25 bits per heavy atom. The monoisotopic (exact) mass is 418 g/mol. The van der Waals surface area contributed by atoms with Gasteiger partial charge < -0.3 is 0 Å². The second kappa shape index (κ2) is 12.2. The molecule has 0 aliphatic heterocycles. The molecule has 2 aromatic heterocycles. The lowest BCUT2D eigenvalue weighted by atomic mass is 10.2. The molecule has 2 heterocycles. The lowest BCUT2D eigenvalue weighted by molar-refractivity contribution is -0.123. The van der Waals surface area contributed by atoms with E-state index in [9.17, 15) is 9.59 Å². The van der Waals surface area contributed by atoms with E-state index in [4.69, 9.17) is 0 Å². The molecule has 150 valence electrons. The van der Waals surface area contributed by atoms with E-state index < -0.39 is 0 Å². The van der Waals surface area contributed by atoms with Crippen molar-refractivity contribution in [2.24, 2.45) is 10.2 Å². The highest BCUT2D eigenvalue weighted by Crippen LogP contribution is 2.15. The lowest BCUT2D eigenvalue weighted by Crippen LogP contribution is -2.18. The molecule has 0 aliphatic rings. The fourth-order valence-electron chi connectivity index (χ4n) is 2.33. The van der Waals surface area contributed by atoms with E-state index in [1.54, 1.807) is 35.1 Å². The number of carbonyl (C=O) groups excluding carboxylic acids is 2. The second-order valence-electron chi connectivity index (χ2n) is 6.11. The molecule has 28 heavy (non-hydrogen) atoms. The molecule has 0 spiro atoms. The zero-order valence-corrected chi connectivity index (χ0v) is 17.9. The Labute approximate surface area is 173 Å². The number of hydrogen-bond acceptors (Lipinski definition) is 6. The third kappa shape index (κ3) is 8.14. The summed E-state index contributed by atoms with van der Waals surface area (Å²) in [6, 6.07) is 8.10. The second-order valence-corrected chi connectivity index (χ2v) is 8.51. The number of rotatable bonds is 11. The SMILES string of the molecule is CCc1ccc(/C=N/NC(=O)CCCCC(=O)N/N=C/c2ccc(CC)s2)s1. The molecule has 0 aromatic carbocycles. The molecule has 0 bridgehead atoms. The maximum absolute atomic E-state index is 11.8. The van der Waals surface area contributed by atoms with Gasteiger partial charge in [0.15, 0.2) is 0 Å². The van der Waals surface area contributed by atoms with Crippen molar-refractivity contribution < 1.29 is 9.59 Å². The van der Waals surface area contributed by atoms with E-state index >= 15 is 0 Å². The van der Waals surface area contributed by atoms with Gasteiger partial charge in [0, 0.05) is 32.4 Å². The molecule has 0 fully saturated rings. The summed E-state index contributed by atoms with van der Waals surface area (Å²) >= 11 is 3.32. The maximum atomic E-state index is 11.8. The number of unbranched alkanes of at least 4 members (excludes halogenated alkanes) is 1. The lowest BCUT2D eigenvalue weighted by Gasteiger charge is -2.00. The molecule has 0 saturated heterocycles. The summed E-state index contributed by atoms with van der Waals surface area (Å²) < 4.78 is 0. The number of hydrogen-bond donors (Lipinski definition) is 2. The van der Waals surface area contributed by atoms with Crippen molar-refractivity contribution in [3.63, 3.8) is 0 Å². The van der Waals surface area contributed by atoms with Gasteiger partial charge in [0.1, 0.15) is 0 Å². The fraction of sp³-hybridized carbons (Fsp3) is 0.400. The highest BCUT2D eigenvalue weighted by atomic mass is 32.1. The van der Waals surface area contributed by atoms with Gasteiger partial charge in [-0.1, -0.05) is 13.8 Å². The van der Waals surface area contributed by atoms with Gasteiger partial charge in [-0.3, -0.25) is 9.59 Å². The zero-order chi connectivity index (χ0) is 20.2. The van der Waals surface area contributed by atoms with E-state index in [2.05, 4.69) is 47.0 Å². The molecule has 2 aromatic rings. The van der Waals surface area contributed by atoms with Crippen molar-refractivity contribution in [3.8, 4) is 0 Å². The van der Waals surface area contributed by atoms with Crippen LogP contribution in [0.1, 0.15) is 59.0 Å². The zero-order valence-electron chi connectivity index (χ0n) is 16.2. The minimum atomic E-state index is -0.147. The minimum absolute atomic E-state index is 0.147. The molecule has 6 nitrogen and oxygen atoms in total. The normalized spacial score (nSPS) is 11.4. The van der Waals surface area contributed by atoms with Gasteiger partial charge in [0.25, 0.3) is 0 Å². The smallest absolute Gasteiger partial charge is 0.240 e. The van der Waals surface area contributed by atoms with Crippen molar-refractivity contribution >= 4 is 46.9 Å². The van der Waals surface area contributed by atoms with E-state index in [-0.39, 0.29) is 11.8 Å². The number of aryl methyl sites for hydroxylation is 2. The third-order valence-electron chi connectivity index (χ3n) is 3.88. The number of carbonyl (C=O) groups is 2. The van der Waals surface area contributed by atoms with Crippen LogP contribution in [0.25, 0.3) is 0 Å². The molecule has 2 amide bonds. The van der Waals surface area contributed by atoms with Crippen molar-refractivity contribution in [2.45, 2.75) is 52.4 Å². The van der Waals surface area contributed by atoms with Crippen LogP contribution in [0.4, 0.5) is 0 Å². The van der Waals surface area contributed by atoms with Crippen molar-refractivity contribution in [2.75, 3.05) is 0 Å². The number of hydrazone groups is 2. The molecule has 2 rings (SSSR count). The van der Waals surface area contributed by atoms with Crippen LogP contribution in [-0.4, -0.2) is 24.2 Å². The Kier molecular flexibility index (Phi) is 9.57. The number of amides is 2. The van der Waals surface area contributed by atoms with Crippen molar-refractivity contribution in [3.05, 3.63) is 43.8 Å². The molecule has 2 N–H and O–H groups in total. The van der Waals surface area contributed by atoms with Crippen LogP contribution in [0.5, 0.6) is 0 Å². The Morgan fingerprint density at radius 3 is 1.61 bits per heavy atom. The predicted octanol–water partition coefficient (Wildman–Crippen LogP) is 4.10. The summed E-state index contributed by atoms with van der Waals surface area (Å²) in [5.74, 6) is -0.294. The van der Waals surface area contributed by atoms with Gasteiger partial charge in [-0.05, 0) is 49.9 Å². The van der Waals surface area contributed by atoms with Crippen LogP contribution in [0.3, 0.4) is 0 Å². The van der Waals surface area contributed by atoms with Gasteiger partial charge in [-0.2, -0.15) is 10.2 Å². The number of nitrogens with one attached hydrogen (secondary N) is 2. The third-order valence-corrected chi connectivity index (χ3v) is 6.21. The first-order chi connectivity index (χ1) is 13.6. The molecule has 0 radical (unpaired) electrons. The Balaban J connectivity index is 1.55. The minimum Gasteiger partial charge on any atom is -0.273 e. The van der Waals surface area contributed by atoms with Crippen molar-refractivity contribution in [1.29, 1.82) is 0 Å². The summed E-state index contributed by atoms with van der Waals surface area (Å²) in [7, 11) is 0. The average Bonchev–Trinajstić information content (AvgIpc) is 3.34. The van der Waals surface area contributed by atoms with E-state index in [0.29, 0.717) is 25.7 Å². The van der Waals surface area contributed by atoms with Crippen LogP contribution in [0.2, 0.25) is 0 Å². The number of nitrogens with zero attached hydrogens (tertiary/aromatic N) is 2. The first-order valence-corrected chi connectivity index (χ1v) is 11.0. The number of thiophene rings is 2. The summed E-state index contributed by atoms with van der Waals surface area (Å²) in [4.78, 5) is 28.1. The molecule has 0 saturated carbocycles. The van der Waals surface area contributed by atoms with Gasteiger partial charge in [-0.25, -0.2) is 10.9 Å². The Hall–Kier alpha value is -2.32. The molecular formula is C20H26N4O2S2. The van der Waals surface area contributed by atoms with E-state index in [1.165, 1.54) is 9.75 Å². The Morgan fingerprint density at radius 1 is 0.821 bits per heavy atom. The van der Waals surface area contributed by atoms with Crippen LogP contribution >= 0.6 is 22.7 Å². The van der Waals surface area contributed by atoms with E-state index in [1.807, 2.05) is 12.1 Å². The maximum Gasteiger partial charge on any atom is 0.240 e.